The van der Waals surface area contributed by atoms with Crippen LogP contribution < -0.4 is 10.6 Å². The van der Waals surface area contributed by atoms with E-state index in [1.165, 1.54) is 7.11 Å². The Morgan fingerprint density at radius 3 is 2.24 bits per heavy atom. The highest BCUT2D eigenvalue weighted by Crippen LogP contribution is 2.20. The van der Waals surface area contributed by atoms with Crippen LogP contribution in [0.25, 0.3) is 0 Å². The van der Waals surface area contributed by atoms with Crippen LogP contribution in [0.4, 0.5) is 10.5 Å². The fourth-order valence-corrected chi connectivity index (χ4v) is 3.51. The number of ether oxygens (including phenoxy) is 1. The molecule has 0 aliphatic carbocycles. The third kappa shape index (κ3) is 5.63. The van der Waals surface area contributed by atoms with Crippen LogP contribution in [0.15, 0.2) is 35.9 Å². The molecule has 0 spiro atoms. The number of anilines is 1. The number of carbonyl (C=O) groups is 2. The van der Waals surface area contributed by atoms with Gasteiger partial charge in [0.1, 0.15) is 5.84 Å². The molecular weight excluding hydrogens is 394 g/mol. The standard InChI is InChI=1S/C20H27N5O3.ClH/c1-28-18(26)14-15-6-8-24(9-7-15)20(27)25-12-10-23(11-13-25)17-4-2-16(3-5-17)19(21)22;/h2-6H,7-14H2,1H3,(H3,21,22);1H. The number of nitrogens with two attached hydrogens (primary N) is 1. The normalized spacial score (nSPS) is 16.6. The van der Waals surface area contributed by atoms with Gasteiger partial charge in [0.05, 0.1) is 13.5 Å². The number of nitrogens with zero attached hydrogens (tertiary/aromatic N) is 3. The van der Waals surface area contributed by atoms with Crippen molar-refractivity contribution in [1.29, 1.82) is 5.41 Å². The van der Waals surface area contributed by atoms with Gasteiger partial charge < -0.3 is 25.2 Å². The number of rotatable bonds is 4. The number of benzene rings is 1. The lowest BCUT2D eigenvalue weighted by molar-refractivity contribution is -0.139. The molecule has 0 atom stereocenters. The van der Waals surface area contributed by atoms with Gasteiger partial charge in [-0.15, -0.1) is 12.4 Å². The highest BCUT2D eigenvalue weighted by molar-refractivity contribution is 5.95. The topological polar surface area (TPSA) is 103 Å². The Hall–Kier alpha value is -2.74. The van der Waals surface area contributed by atoms with E-state index in [9.17, 15) is 9.59 Å². The van der Waals surface area contributed by atoms with Gasteiger partial charge in [-0.1, -0.05) is 11.6 Å². The molecule has 0 aromatic heterocycles. The SMILES string of the molecule is COC(=O)CC1=CCN(C(=O)N2CCN(c3ccc(C(=N)N)cc3)CC2)CC1.Cl. The third-order valence-electron chi connectivity index (χ3n) is 5.27. The summed E-state index contributed by atoms with van der Waals surface area (Å²) in [5.41, 5.74) is 8.32. The van der Waals surface area contributed by atoms with Crippen LogP contribution in [-0.2, 0) is 9.53 Å². The van der Waals surface area contributed by atoms with Gasteiger partial charge in [0.15, 0.2) is 0 Å². The van der Waals surface area contributed by atoms with E-state index in [2.05, 4.69) is 4.90 Å². The zero-order valence-corrected chi connectivity index (χ0v) is 17.4. The van der Waals surface area contributed by atoms with E-state index in [0.717, 1.165) is 24.4 Å². The van der Waals surface area contributed by atoms with Crippen molar-refractivity contribution in [2.24, 2.45) is 5.73 Å². The van der Waals surface area contributed by atoms with Crippen molar-refractivity contribution in [3.63, 3.8) is 0 Å². The van der Waals surface area contributed by atoms with E-state index in [0.29, 0.717) is 44.6 Å². The second-order valence-electron chi connectivity index (χ2n) is 7.03. The number of nitrogen functional groups attached to an aromatic ring is 1. The summed E-state index contributed by atoms with van der Waals surface area (Å²) in [4.78, 5) is 30.1. The Balaban J connectivity index is 0.00000300. The zero-order valence-electron chi connectivity index (χ0n) is 16.6. The van der Waals surface area contributed by atoms with Crippen molar-refractivity contribution in [1.82, 2.24) is 9.80 Å². The van der Waals surface area contributed by atoms with E-state index in [1.807, 2.05) is 40.1 Å². The molecule has 0 unspecified atom stereocenters. The van der Waals surface area contributed by atoms with Gasteiger partial charge in [0.25, 0.3) is 0 Å². The molecule has 1 saturated heterocycles. The van der Waals surface area contributed by atoms with Crippen molar-refractivity contribution in [3.8, 4) is 0 Å². The largest absolute Gasteiger partial charge is 0.469 e. The molecule has 1 fully saturated rings. The molecule has 3 N–H and O–H groups in total. The Labute approximate surface area is 177 Å². The van der Waals surface area contributed by atoms with Crippen molar-refractivity contribution in [2.75, 3.05) is 51.3 Å². The molecule has 0 bridgehead atoms. The van der Waals surface area contributed by atoms with Crippen LogP contribution in [-0.4, -0.2) is 74.0 Å². The van der Waals surface area contributed by atoms with Gasteiger partial charge in [0.2, 0.25) is 0 Å². The summed E-state index contributed by atoms with van der Waals surface area (Å²) < 4.78 is 4.70. The lowest BCUT2D eigenvalue weighted by atomic mass is 10.1. The Morgan fingerprint density at radius 1 is 1.07 bits per heavy atom. The first-order valence-electron chi connectivity index (χ1n) is 9.46. The molecule has 1 aromatic carbocycles. The zero-order chi connectivity index (χ0) is 20.1. The van der Waals surface area contributed by atoms with E-state index in [-0.39, 0.29) is 30.2 Å². The molecule has 2 aliphatic heterocycles. The number of nitrogens with one attached hydrogen (secondary N) is 1. The first-order valence-corrected chi connectivity index (χ1v) is 9.46. The minimum atomic E-state index is -0.238. The van der Waals surface area contributed by atoms with Gasteiger partial charge in [0, 0.05) is 50.5 Å². The fourth-order valence-electron chi connectivity index (χ4n) is 3.51. The fraction of sp³-hybridized carbons (Fsp3) is 0.450. The number of piperazine rings is 1. The number of methoxy groups -OCH3 is 1. The van der Waals surface area contributed by atoms with Crippen LogP contribution in [0.5, 0.6) is 0 Å². The molecule has 2 heterocycles. The summed E-state index contributed by atoms with van der Waals surface area (Å²) in [5.74, 6) is -0.175. The van der Waals surface area contributed by atoms with E-state index >= 15 is 0 Å². The van der Waals surface area contributed by atoms with Gasteiger partial charge in [-0.05, 0) is 30.7 Å². The van der Waals surface area contributed by atoms with Gasteiger partial charge in [-0.3, -0.25) is 10.2 Å². The first kappa shape index (κ1) is 22.5. The molecule has 9 heteroatoms. The number of amides is 2. The molecule has 29 heavy (non-hydrogen) atoms. The van der Waals surface area contributed by atoms with Gasteiger partial charge >= 0.3 is 12.0 Å². The monoisotopic (exact) mass is 421 g/mol. The van der Waals surface area contributed by atoms with Crippen molar-refractivity contribution in [3.05, 3.63) is 41.5 Å². The number of hydrogen-bond donors (Lipinski definition) is 2. The molecule has 0 radical (unpaired) electrons. The van der Waals surface area contributed by atoms with Crippen LogP contribution in [0.3, 0.4) is 0 Å². The maximum atomic E-state index is 12.8. The molecule has 2 amide bonds. The van der Waals surface area contributed by atoms with E-state index in [4.69, 9.17) is 15.9 Å². The number of urea groups is 1. The van der Waals surface area contributed by atoms with Gasteiger partial charge in [-0.25, -0.2) is 4.79 Å². The Bertz CT molecular complexity index is 773. The molecule has 158 valence electrons. The average Bonchev–Trinajstić information content (AvgIpc) is 2.74. The molecular formula is C20H28ClN5O3. The summed E-state index contributed by atoms with van der Waals surface area (Å²) in [5, 5.41) is 7.47. The van der Waals surface area contributed by atoms with Crippen molar-refractivity contribution >= 4 is 35.9 Å². The van der Waals surface area contributed by atoms with Crippen molar-refractivity contribution in [2.45, 2.75) is 12.8 Å². The molecule has 8 nitrogen and oxygen atoms in total. The molecule has 2 aliphatic rings. The van der Waals surface area contributed by atoms with Crippen LogP contribution in [0.1, 0.15) is 18.4 Å². The number of halogens is 1. The quantitative estimate of drug-likeness (QED) is 0.334. The summed E-state index contributed by atoms with van der Waals surface area (Å²) in [6.07, 6.45) is 2.98. The molecule has 3 rings (SSSR count). The number of amidine groups is 1. The maximum absolute atomic E-state index is 12.8. The third-order valence-corrected chi connectivity index (χ3v) is 5.27. The maximum Gasteiger partial charge on any atom is 0.320 e. The van der Waals surface area contributed by atoms with Gasteiger partial charge in [-0.2, -0.15) is 0 Å². The number of esters is 1. The highest BCUT2D eigenvalue weighted by atomic mass is 35.5. The number of carbonyl (C=O) groups excluding carboxylic acids is 2. The number of hydrogen-bond acceptors (Lipinski definition) is 5. The Kier molecular flexibility index (Phi) is 7.90. The second-order valence-corrected chi connectivity index (χ2v) is 7.03. The highest BCUT2D eigenvalue weighted by Gasteiger charge is 2.26. The first-order chi connectivity index (χ1) is 13.5. The minimum Gasteiger partial charge on any atom is -0.469 e. The summed E-state index contributed by atoms with van der Waals surface area (Å²) in [6, 6.07) is 7.68. The smallest absolute Gasteiger partial charge is 0.320 e. The second kappa shape index (κ2) is 10.2. The molecule has 0 saturated carbocycles. The average molecular weight is 422 g/mol. The van der Waals surface area contributed by atoms with E-state index in [1.54, 1.807) is 0 Å². The van der Waals surface area contributed by atoms with E-state index < -0.39 is 0 Å². The van der Waals surface area contributed by atoms with Crippen LogP contribution in [0, 0.1) is 5.41 Å². The molecule has 1 aromatic rings. The Morgan fingerprint density at radius 2 is 1.72 bits per heavy atom. The van der Waals surface area contributed by atoms with Crippen LogP contribution in [0.2, 0.25) is 0 Å². The predicted octanol–water partition coefficient (Wildman–Crippen LogP) is 1.83. The summed E-state index contributed by atoms with van der Waals surface area (Å²) in [7, 11) is 1.39. The minimum absolute atomic E-state index is 0. The predicted molar refractivity (Wildman–Crippen MR) is 115 cm³/mol. The lowest BCUT2D eigenvalue weighted by Crippen LogP contribution is -2.53. The van der Waals surface area contributed by atoms with Crippen LogP contribution >= 0.6 is 12.4 Å². The lowest BCUT2D eigenvalue weighted by Gasteiger charge is -2.39. The summed E-state index contributed by atoms with van der Waals surface area (Å²) in [6.45, 7) is 4.04. The summed E-state index contributed by atoms with van der Waals surface area (Å²) >= 11 is 0. The van der Waals surface area contributed by atoms with Crippen molar-refractivity contribution < 1.29 is 14.3 Å².